The number of aromatic nitrogens is 2. The van der Waals surface area contributed by atoms with Crippen molar-refractivity contribution in [2.24, 2.45) is 7.05 Å². The molecule has 0 radical (unpaired) electrons. The fourth-order valence-corrected chi connectivity index (χ4v) is 5.03. The van der Waals surface area contributed by atoms with Crippen LogP contribution in [0, 0.1) is 5.41 Å². The molecule has 1 aromatic carbocycles. The minimum Gasteiger partial charge on any atom is -0.490 e. The Morgan fingerprint density at radius 2 is 1.92 bits per heavy atom. The minimum absolute atomic E-state index is 0.0291. The van der Waals surface area contributed by atoms with Crippen molar-refractivity contribution in [3.8, 4) is 16.9 Å². The van der Waals surface area contributed by atoms with Gasteiger partial charge in [0.1, 0.15) is 18.2 Å². The highest BCUT2D eigenvalue weighted by atomic mass is 19.4. The van der Waals surface area contributed by atoms with Gasteiger partial charge in [-0.25, -0.2) is 0 Å². The standard InChI is InChI=1S/C25H29F3N6O3.C2H6/c1-32-13-16(12-30-32)18-10-23-22(11-20(18)25(26,27)28)34(6-9-37-23)24(29)19-14-33(15-35)5-2-21(19)31-17-3-7-36-8-4-17;1-2/h10-13,15,17,29,31H,2-9,14H2,1H3;1-2H3. The van der Waals surface area contributed by atoms with Gasteiger partial charge in [0.15, 0.2) is 0 Å². The van der Waals surface area contributed by atoms with E-state index in [0.717, 1.165) is 31.0 Å². The summed E-state index contributed by atoms with van der Waals surface area (Å²) in [4.78, 5) is 14.7. The van der Waals surface area contributed by atoms with E-state index in [1.165, 1.54) is 23.1 Å². The Kier molecular flexibility index (Phi) is 8.83. The van der Waals surface area contributed by atoms with Crippen molar-refractivity contribution < 1.29 is 27.4 Å². The van der Waals surface area contributed by atoms with Crippen molar-refractivity contribution in [2.75, 3.05) is 44.4 Å². The fourth-order valence-electron chi connectivity index (χ4n) is 5.03. The number of ether oxygens (including phenoxy) is 2. The molecule has 4 heterocycles. The molecule has 1 fully saturated rings. The Balaban J connectivity index is 0.00000172. The van der Waals surface area contributed by atoms with Crippen LogP contribution in [0.1, 0.15) is 38.7 Å². The SMILES string of the molecule is CC.Cn1cc(-c2cc3c(cc2C(F)(F)F)N(C(=N)C2=C(NC4CCOCC4)CCN(C=O)C2)CCO3)cn1. The van der Waals surface area contributed by atoms with Crippen LogP contribution >= 0.6 is 0 Å². The number of halogens is 3. The van der Waals surface area contributed by atoms with Gasteiger partial charge in [-0.1, -0.05) is 13.8 Å². The summed E-state index contributed by atoms with van der Waals surface area (Å²) in [6.45, 7) is 6.44. The average molecular weight is 549 g/mol. The molecule has 1 aromatic heterocycles. The third kappa shape index (κ3) is 6.21. The largest absolute Gasteiger partial charge is 0.490 e. The zero-order valence-corrected chi connectivity index (χ0v) is 22.5. The van der Waals surface area contributed by atoms with Crippen LogP contribution in [0.4, 0.5) is 18.9 Å². The summed E-state index contributed by atoms with van der Waals surface area (Å²) in [5.74, 6) is 0.332. The van der Waals surface area contributed by atoms with Crippen LogP contribution in [0.3, 0.4) is 0 Å². The predicted octanol–water partition coefficient (Wildman–Crippen LogP) is 4.19. The second-order valence-electron chi connectivity index (χ2n) is 9.43. The molecule has 0 bridgehead atoms. The molecule has 3 aliphatic heterocycles. The van der Waals surface area contributed by atoms with Crippen molar-refractivity contribution >= 4 is 17.9 Å². The average Bonchev–Trinajstić information content (AvgIpc) is 3.39. The quantitative estimate of drug-likeness (QED) is 0.331. The zero-order chi connectivity index (χ0) is 28.2. The first kappa shape index (κ1) is 28.5. The van der Waals surface area contributed by atoms with Gasteiger partial charge in [-0.2, -0.15) is 18.3 Å². The molecule has 1 amide bonds. The third-order valence-electron chi connectivity index (χ3n) is 6.96. The molecule has 0 spiro atoms. The van der Waals surface area contributed by atoms with Crippen molar-refractivity contribution in [3.05, 3.63) is 41.4 Å². The number of nitrogens with one attached hydrogen (secondary N) is 2. The fraction of sp³-hybridized carbons (Fsp3) is 0.519. The molecule has 1 saturated heterocycles. The van der Waals surface area contributed by atoms with E-state index in [4.69, 9.17) is 14.9 Å². The van der Waals surface area contributed by atoms with Crippen molar-refractivity contribution in [1.29, 1.82) is 5.41 Å². The van der Waals surface area contributed by atoms with Crippen LogP contribution in [0.15, 0.2) is 35.8 Å². The first-order chi connectivity index (χ1) is 18.7. The van der Waals surface area contributed by atoms with E-state index >= 15 is 0 Å². The zero-order valence-electron chi connectivity index (χ0n) is 22.5. The number of carbonyl (C=O) groups is 1. The highest BCUT2D eigenvalue weighted by Gasteiger charge is 2.38. The molecule has 0 aliphatic carbocycles. The normalized spacial score (nSPS) is 18.1. The Hall–Kier alpha value is -3.54. The highest BCUT2D eigenvalue weighted by Crippen LogP contribution is 2.45. The Bertz CT molecular complexity index is 1220. The van der Waals surface area contributed by atoms with Crippen molar-refractivity contribution in [2.45, 2.75) is 45.3 Å². The summed E-state index contributed by atoms with van der Waals surface area (Å²) in [7, 11) is 1.64. The minimum atomic E-state index is -4.63. The number of rotatable bonds is 5. The van der Waals surface area contributed by atoms with E-state index in [9.17, 15) is 18.0 Å². The summed E-state index contributed by atoms with van der Waals surface area (Å²) in [5, 5.41) is 16.6. The molecule has 2 N–H and O–H groups in total. The second-order valence-corrected chi connectivity index (χ2v) is 9.43. The number of alkyl halides is 3. The Morgan fingerprint density at radius 3 is 2.56 bits per heavy atom. The molecule has 0 saturated carbocycles. The summed E-state index contributed by atoms with van der Waals surface area (Å²) < 4.78 is 55.3. The number of hydrogen-bond donors (Lipinski definition) is 2. The number of anilines is 1. The van der Waals surface area contributed by atoms with Crippen LogP contribution in [-0.4, -0.2) is 72.4 Å². The monoisotopic (exact) mass is 548 g/mol. The van der Waals surface area contributed by atoms with Crippen molar-refractivity contribution in [1.82, 2.24) is 20.0 Å². The van der Waals surface area contributed by atoms with Gasteiger partial charge < -0.3 is 24.6 Å². The van der Waals surface area contributed by atoms with Crippen molar-refractivity contribution in [3.63, 3.8) is 0 Å². The molecule has 0 atom stereocenters. The summed E-state index contributed by atoms with van der Waals surface area (Å²) in [6, 6.07) is 2.62. The number of nitrogens with zero attached hydrogens (tertiary/aromatic N) is 4. The third-order valence-corrected chi connectivity index (χ3v) is 6.96. The van der Waals surface area contributed by atoms with Gasteiger partial charge >= 0.3 is 6.18 Å². The molecule has 212 valence electrons. The van der Waals surface area contributed by atoms with Gasteiger partial charge in [0.05, 0.1) is 30.5 Å². The van der Waals surface area contributed by atoms with Crippen LogP contribution in [-0.2, 0) is 22.8 Å². The van der Waals surface area contributed by atoms with Crippen LogP contribution < -0.4 is 15.0 Å². The molecular weight excluding hydrogens is 513 g/mol. The topological polar surface area (TPSA) is 95.7 Å². The van der Waals surface area contributed by atoms with Gasteiger partial charge in [-0.05, 0) is 25.0 Å². The number of amides is 1. The lowest BCUT2D eigenvalue weighted by Crippen LogP contribution is -2.46. The molecule has 2 aromatic rings. The molecule has 5 rings (SSSR count). The number of carbonyl (C=O) groups excluding carboxylic acids is 1. The maximum Gasteiger partial charge on any atom is 0.417 e. The van der Waals surface area contributed by atoms with Gasteiger partial charge in [-0.3, -0.25) is 14.9 Å². The predicted molar refractivity (Wildman–Crippen MR) is 142 cm³/mol. The molecule has 12 heteroatoms. The maximum absolute atomic E-state index is 14.2. The van der Waals surface area contributed by atoms with E-state index in [0.29, 0.717) is 37.3 Å². The first-order valence-corrected chi connectivity index (χ1v) is 13.2. The first-order valence-electron chi connectivity index (χ1n) is 13.2. The van der Waals surface area contributed by atoms with Crippen LogP contribution in [0.25, 0.3) is 11.1 Å². The number of benzene rings is 1. The summed E-state index contributed by atoms with van der Waals surface area (Å²) >= 11 is 0. The number of fused-ring (bicyclic) bond motifs is 1. The molecule has 0 unspecified atom stereocenters. The van der Waals surface area contributed by atoms with Crippen LogP contribution in [0.5, 0.6) is 5.75 Å². The number of aryl methyl sites for hydroxylation is 1. The smallest absolute Gasteiger partial charge is 0.417 e. The van der Waals surface area contributed by atoms with Crippen LogP contribution in [0.2, 0.25) is 0 Å². The van der Waals surface area contributed by atoms with E-state index in [-0.39, 0.29) is 48.6 Å². The van der Waals surface area contributed by atoms with E-state index in [2.05, 4.69) is 10.4 Å². The second kappa shape index (κ2) is 12.1. The number of hydrogen-bond acceptors (Lipinski definition) is 6. The van der Waals surface area contributed by atoms with Gasteiger partial charge in [0, 0.05) is 67.9 Å². The van der Waals surface area contributed by atoms with Gasteiger partial charge in [-0.15, -0.1) is 0 Å². The van der Waals surface area contributed by atoms with E-state index in [1.807, 2.05) is 13.8 Å². The highest BCUT2D eigenvalue weighted by molar-refractivity contribution is 6.10. The molecule has 3 aliphatic rings. The lowest BCUT2D eigenvalue weighted by atomic mass is 9.98. The lowest BCUT2D eigenvalue weighted by molar-refractivity contribution is -0.137. The Morgan fingerprint density at radius 1 is 1.18 bits per heavy atom. The summed E-state index contributed by atoms with van der Waals surface area (Å²) in [5.41, 5.74) is 1.10. The van der Waals surface area contributed by atoms with Gasteiger partial charge in [0.2, 0.25) is 6.41 Å². The maximum atomic E-state index is 14.2. The molecular formula is C27H35F3N6O3. The molecule has 39 heavy (non-hydrogen) atoms. The van der Waals surface area contributed by atoms with E-state index < -0.39 is 11.7 Å². The Labute approximate surface area is 226 Å². The van der Waals surface area contributed by atoms with E-state index in [1.54, 1.807) is 16.8 Å². The van der Waals surface area contributed by atoms with Gasteiger partial charge in [0.25, 0.3) is 0 Å². The lowest BCUT2D eigenvalue weighted by Gasteiger charge is -2.37. The number of amidine groups is 1. The molecule has 9 nitrogen and oxygen atoms in total. The summed E-state index contributed by atoms with van der Waals surface area (Å²) in [6.07, 6.45) is 1.22.